The minimum atomic E-state index is -0.249. The molecule has 22 heavy (non-hydrogen) atoms. The van der Waals surface area contributed by atoms with Crippen molar-refractivity contribution in [1.82, 2.24) is 25.1 Å². The Labute approximate surface area is 127 Å². The number of nitrogens with zero attached hydrogens (tertiary/aromatic N) is 4. The van der Waals surface area contributed by atoms with Crippen LogP contribution in [0.4, 0.5) is 4.39 Å². The number of fused-ring (bicyclic) bond motifs is 1. The Morgan fingerprint density at radius 3 is 2.68 bits per heavy atom. The predicted octanol–water partition coefficient (Wildman–Crippen LogP) is 2.75. The number of hydrogen-bond acceptors (Lipinski definition) is 4. The zero-order valence-corrected chi connectivity index (χ0v) is 12.0. The molecule has 1 N–H and O–H groups in total. The maximum atomic E-state index is 13.1. The molecule has 0 bridgehead atoms. The maximum absolute atomic E-state index is 13.1. The maximum Gasteiger partial charge on any atom is 0.178 e. The van der Waals surface area contributed by atoms with Gasteiger partial charge in [0.15, 0.2) is 11.5 Å². The molecule has 1 aliphatic heterocycles. The van der Waals surface area contributed by atoms with Crippen LogP contribution in [0, 0.1) is 5.82 Å². The fourth-order valence-electron chi connectivity index (χ4n) is 2.87. The third-order valence-corrected chi connectivity index (χ3v) is 4.05. The Morgan fingerprint density at radius 1 is 1.05 bits per heavy atom. The van der Waals surface area contributed by atoms with Crippen LogP contribution in [0.25, 0.3) is 16.9 Å². The second kappa shape index (κ2) is 5.46. The Bertz CT molecular complexity index is 790. The van der Waals surface area contributed by atoms with Crippen LogP contribution in [0.15, 0.2) is 36.4 Å². The van der Waals surface area contributed by atoms with E-state index in [1.165, 1.54) is 25.0 Å². The first-order valence-electron chi connectivity index (χ1n) is 7.53. The third kappa shape index (κ3) is 2.35. The number of aromatic nitrogens is 4. The molecule has 1 saturated heterocycles. The zero-order valence-electron chi connectivity index (χ0n) is 12.0. The second-order valence-corrected chi connectivity index (χ2v) is 5.56. The number of nitrogens with one attached hydrogen (secondary N) is 1. The molecule has 3 heterocycles. The fraction of sp³-hybridized carbons (Fsp3) is 0.312. The molecular weight excluding hydrogens is 281 g/mol. The summed E-state index contributed by atoms with van der Waals surface area (Å²) in [6.45, 7) is 0.997. The molecule has 0 radical (unpaired) electrons. The van der Waals surface area contributed by atoms with Gasteiger partial charge in [-0.2, -0.15) is 9.61 Å². The second-order valence-electron chi connectivity index (χ2n) is 5.56. The lowest BCUT2D eigenvalue weighted by Crippen LogP contribution is -2.28. The van der Waals surface area contributed by atoms with Crippen molar-refractivity contribution in [3.63, 3.8) is 0 Å². The van der Waals surface area contributed by atoms with Crippen molar-refractivity contribution < 1.29 is 4.39 Å². The number of rotatable bonds is 2. The quantitative estimate of drug-likeness (QED) is 0.790. The van der Waals surface area contributed by atoms with Crippen molar-refractivity contribution in [2.24, 2.45) is 0 Å². The van der Waals surface area contributed by atoms with E-state index in [0.29, 0.717) is 0 Å². The van der Waals surface area contributed by atoms with Gasteiger partial charge in [-0.15, -0.1) is 10.2 Å². The van der Waals surface area contributed by atoms with Gasteiger partial charge >= 0.3 is 0 Å². The van der Waals surface area contributed by atoms with Crippen molar-refractivity contribution >= 4 is 5.65 Å². The van der Waals surface area contributed by atoms with Gasteiger partial charge in [0.25, 0.3) is 0 Å². The van der Waals surface area contributed by atoms with Crippen LogP contribution in [-0.2, 0) is 0 Å². The average molecular weight is 297 g/mol. The van der Waals surface area contributed by atoms with Gasteiger partial charge in [0.1, 0.15) is 5.82 Å². The lowest BCUT2D eigenvalue weighted by molar-refractivity contribution is 0.392. The zero-order chi connectivity index (χ0) is 14.9. The van der Waals surface area contributed by atoms with Gasteiger partial charge in [-0.05, 0) is 55.8 Å². The van der Waals surface area contributed by atoms with Crippen molar-refractivity contribution in [2.75, 3.05) is 6.54 Å². The lowest BCUT2D eigenvalue weighted by atomic mass is 10.0. The van der Waals surface area contributed by atoms with Gasteiger partial charge in [-0.3, -0.25) is 0 Å². The van der Waals surface area contributed by atoms with E-state index in [1.54, 1.807) is 16.6 Å². The topological polar surface area (TPSA) is 55.1 Å². The van der Waals surface area contributed by atoms with E-state index in [2.05, 4.69) is 20.6 Å². The average Bonchev–Trinajstić information content (AvgIpc) is 2.99. The molecule has 0 spiro atoms. The van der Waals surface area contributed by atoms with E-state index in [9.17, 15) is 4.39 Å². The van der Waals surface area contributed by atoms with Crippen LogP contribution >= 0.6 is 0 Å². The smallest absolute Gasteiger partial charge is 0.178 e. The Morgan fingerprint density at radius 2 is 1.91 bits per heavy atom. The van der Waals surface area contributed by atoms with Crippen molar-refractivity contribution in [3.8, 4) is 11.3 Å². The van der Waals surface area contributed by atoms with Crippen LogP contribution in [0.3, 0.4) is 0 Å². The molecule has 1 aromatic carbocycles. The van der Waals surface area contributed by atoms with E-state index in [1.807, 2.05) is 12.1 Å². The van der Waals surface area contributed by atoms with Crippen molar-refractivity contribution in [3.05, 3.63) is 48.0 Å². The van der Waals surface area contributed by atoms with Gasteiger partial charge in [-0.1, -0.05) is 6.42 Å². The Hall–Kier alpha value is -2.34. The molecule has 4 rings (SSSR count). The normalized spacial score (nSPS) is 18.7. The Kier molecular flexibility index (Phi) is 3.31. The van der Waals surface area contributed by atoms with E-state index >= 15 is 0 Å². The van der Waals surface area contributed by atoms with E-state index in [0.717, 1.165) is 35.7 Å². The summed E-state index contributed by atoms with van der Waals surface area (Å²) in [7, 11) is 0. The summed E-state index contributed by atoms with van der Waals surface area (Å²) in [6.07, 6.45) is 3.43. The molecule has 6 heteroatoms. The van der Waals surface area contributed by atoms with Gasteiger partial charge in [0.2, 0.25) is 0 Å². The molecule has 2 aromatic heterocycles. The summed E-state index contributed by atoms with van der Waals surface area (Å²) in [5.41, 5.74) is 2.39. The predicted molar refractivity (Wildman–Crippen MR) is 80.8 cm³/mol. The van der Waals surface area contributed by atoms with Crippen LogP contribution in [0.5, 0.6) is 0 Å². The molecule has 0 amide bonds. The number of halogens is 1. The number of hydrogen-bond donors (Lipinski definition) is 1. The molecule has 0 aliphatic carbocycles. The number of benzene rings is 1. The molecule has 1 atom stereocenters. The molecule has 1 unspecified atom stereocenters. The summed E-state index contributed by atoms with van der Waals surface area (Å²) >= 11 is 0. The first-order valence-corrected chi connectivity index (χ1v) is 7.53. The third-order valence-electron chi connectivity index (χ3n) is 4.05. The summed E-state index contributed by atoms with van der Waals surface area (Å²) in [6, 6.07) is 10.3. The molecule has 3 aromatic rings. The molecular formula is C16H16FN5. The standard InChI is InChI=1S/C16H16FN5/c17-12-6-4-11(5-7-12)13-8-9-15-19-20-16(22(15)21-13)14-3-1-2-10-18-14/h4-9,14,18H,1-3,10H2. The van der Waals surface area contributed by atoms with E-state index in [-0.39, 0.29) is 11.9 Å². The van der Waals surface area contributed by atoms with Gasteiger partial charge in [-0.25, -0.2) is 4.39 Å². The van der Waals surface area contributed by atoms with Gasteiger partial charge < -0.3 is 5.32 Å². The monoisotopic (exact) mass is 297 g/mol. The van der Waals surface area contributed by atoms with Crippen molar-refractivity contribution in [1.29, 1.82) is 0 Å². The van der Waals surface area contributed by atoms with Crippen LogP contribution in [0.2, 0.25) is 0 Å². The molecule has 5 nitrogen and oxygen atoms in total. The summed E-state index contributed by atoms with van der Waals surface area (Å²) in [4.78, 5) is 0. The highest BCUT2D eigenvalue weighted by Crippen LogP contribution is 2.23. The summed E-state index contributed by atoms with van der Waals surface area (Å²) < 4.78 is 14.9. The van der Waals surface area contributed by atoms with Crippen LogP contribution in [-0.4, -0.2) is 26.4 Å². The summed E-state index contributed by atoms with van der Waals surface area (Å²) in [5.74, 6) is 0.597. The van der Waals surface area contributed by atoms with Gasteiger partial charge in [0.05, 0.1) is 11.7 Å². The van der Waals surface area contributed by atoms with E-state index in [4.69, 9.17) is 0 Å². The van der Waals surface area contributed by atoms with Crippen LogP contribution in [0.1, 0.15) is 31.1 Å². The SMILES string of the molecule is Fc1ccc(-c2ccc3nnc(C4CCCCN4)n3n2)cc1. The largest absolute Gasteiger partial charge is 0.307 e. The first-order chi connectivity index (χ1) is 10.8. The molecule has 1 fully saturated rings. The molecule has 112 valence electrons. The first kappa shape index (κ1) is 13.3. The summed E-state index contributed by atoms with van der Waals surface area (Å²) in [5, 5.41) is 16.6. The highest BCUT2D eigenvalue weighted by molar-refractivity contribution is 5.60. The minimum absolute atomic E-state index is 0.194. The fourth-order valence-corrected chi connectivity index (χ4v) is 2.87. The highest BCUT2D eigenvalue weighted by atomic mass is 19.1. The number of piperidine rings is 1. The lowest BCUT2D eigenvalue weighted by Gasteiger charge is -2.21. The molecule has 1 aliphatic rings. The van der Waals surface area contributed by atoms with Crippen molar-refractivity contribution in [2.45, 2.75) is 25.3 Å². The minimum Gasteiger partial charge on any atom is -0.307 e. The molecule has 0 saturated carbocycles. The van der Waals surface area contributed by atoms with Gasteiger partial charge in [0, 0.05) is 5.56 Å². The van der Waals surface area contributed by atoms with E-state index < -0.39 is 0 Å². The van der Waals surface area contributed by atoms with Crippen LogP contribution < -0.4 is 5.32 Å². The highest BCUT2D eigenvalue weighted by Gasteiger charge is 2.21. The Balaban J connectivity index is 1.77.